The summed E-state index contributed by atoms with van der Waals surface area (Å²) in [6.07, 6.45) is 1.59. The molecule has 0 radical (unpaired) electrons. The fourth-order valence-corrected chi connectivity index (χ4v) is 4.73. The maximum atomic E-state index is 13.8. The molecule has 3 rings (SSSR count). The van der Waals surface area contributed by atoms with Gasteiger partial charge in [0.1, 0.15) is 10.6 Å². The number of nitrogens with one attached hydrogen (secondary N) is 1. The van der Waals surface area contributed by atoms with Gasteiger partial charge in [-0.25, -0.2) is 12.8 Å². The Morgan fingerprint density at radius 3 is 2.29 bits per heavy atom. The van der Waals surface area contributed by atoms with Crippen molar-refractivity contribution in [2.45, 2.75) is 17.7 Å². The predicted molar refractivity (Wildman–Crippen MR) is 102 cm³/mol. The van der Waals surface area contributed by atoms with Gasteiger partial charge in [-0.15, -0.1) is 0 Å². The average molecular weight is 408 g/mol. The first-order valence-electron chi connectivity index (χ1n) is 8.70. The Labute approximate surface area is 163 Å². The van der Waals surface area contributed by atoms with Gasteiger partial charge in [-0.1, -0.05) is 0 Å². The fourth-order valence-electron chi connectivity index (χ4n) is 3.03. The number of rotatable bonds is 6. The summed E-state index contributed by atoms with van der Waals surface area (Å²) in [7, 11) is -1.06. The number of anilines is 1. The maximum absolute atomic E-state index is 13.8. The molecule has 0 aromatic heterocycles. The van der Waals surface area contributed by atoms with Crippen LogP contribution < -0.4 is 14.8 Å². The predicted octanol–water partition coefficient (Wildman–Crippen LogP) is 2.88. The highest BCUT2D eigenvalue weighted by Gasteiger charge is 2.30. The van der Waals surface area contributed by atoms with Gasteiger partial charge in [-0.05, 0) is 43.2 Å². The summed E-state index contributed by atoms with van der Waals surface area (Å²) in [5.74, 6) is -0.960. The van der Waals surface area contributed by atoms with Crippen molar-refractivity contribution in [3.05, 3.63) is 47.8 Å². The third-order valence-electron chi connectivity index (χ3n) is 4.52. The monoisotopic (exact) mass is 408 g/mol. The van der Waals surface area contributed by atoms with Gasteiger partial charge in [0.05, 0.1) is 14.2 Å². The summed E-state index contributed by atoms with van der Waals surface area (Å²) in [4.78, 5) is 12.5. The van der Waals surface area contributed by atoms with Gasteiger partial charge in [0.25, 0.3) is 5.91 Å². The van der Waals surface area contributed by atoms with Gasteiger partial charge in [-0.3, -0.25) is 4.79 Å². The second-order valence-electron chi connectivity index (χ2n) is 6.28. The number of hydrogen-bond acceptors (Lipinski definition) is 5. The Morgan fingerprint density at radius 1 is 1.04 bits per heavy atom. The largest absolute Gasteiger partial charge is 0.495 e. The number of hydrogen-bond donors (Lipinski definition) is 1. The molecule has 0 bridgehead atoms. The lowest BCUT2D eigenvalue weighted by Gasteiger charge is -2.18. The fraction of sp³-hybridized carbons (Fsp3) is 0.316. The van der Waals surface area contributed by atoms with Gasteiger partial charge in [0.15, 0.2) is 11.6 Å². The van der Waals surface area contributed by atoms with Crippen molar-refractivity contribution >= 4 is 21.6 Å². The molecule has 1 fully saturated rings. The topological polar surface area (TPSA) is 84.9 Å². The van der Waals surface area contributed by atoms with Gasteiger partial charge >= 0.3 is 0 Å². The van der Waals surface area contributed by atoms with Gasteiger partial charge < -0.3 is 14.8 Å². The summed E-state index contributed by atoms with van der Waals surface area (Å²) in [6.45, 7) is 0.875. The van der Waals surface area contributed by atoms with E-state index in [1.807, 2.05) is 0 Å². The number of carbonyl (C=O) groups excluding carboxylic acids is 1. The number of benzene rings is 2. The number of sulfonamides is 1. The highest BCUT2D eigenvalue weighted by Crippen LogP contribution is 2.30. The molecule has 0 saturated carbocycles. The van der Waals surface area contributed by atoms with Crippen LogP contribution in [0.25, 0.3) is 0 Å². The van der Waals surface area contributed by atoms with E-state index in [1.165, 1.54) is 48.9 Å². The van der Waals surface area contributed by atoms with E-state index < -0.39 is 21.7 Å². The molecular formula is C19H21FN2O5S. The minimum absolute atomic E-state index is 0.0569. The molecular weight excluding hydrogens is 387 g/mol. The highest BCUT2D eigenvalue weighted by atomic mass is 32.2. The van der Waals surface area contributed by atoms with Crippen LogP contribution in [0.3, 0.4) is 0 Å². The Kier molecular flexibility index (Phi) is 5.85. The molecule has 1 aliphatic rings. The van der Waals surface area contributed by atoms with Crippen molar-refractivity contribution in [1.29, 1.82) is 0 Å². The van der Waals surface area contributed by atoms with Crippen LogP contribution in [0.1, 0.15) is 23.2 Å². The van der Waals surface area contributed by atoms with Crippen LogP contribution in [0.5, 0.6) is 11.5 Å². The quantitative estimate of drug-likeness (QED) is 0.795. The van der Waals surface area contributed by atoms with Crippen LogP contribution in [0.15, 0.2) is 41.3 Å². The molecule has 1 aliphatic heterocycles. The molecule has 0 unspecified atom stereocenters. The van der Waals surface area contributed by atoms with Crippen molar-refractivity contribution in [3.8, 4) is 11.5 Å². The van der Waals surface area contributed by atoms with E-state index in [9.17, 15) is 17.6 Å². The first-order valence-corrected chi connectivity index (χ1v) is 10.1. The maximum Gasteiger partial charge on any atom is 0.255 e. The lowest BCUT2D eigenvalue weighted by atomic mass is 10.2. The summed E-state index contributed by atoms with van der Waals surface area (Å²) in [5.41, 5.74) is 0.345. The van der Waals surface area contributed by atoms with E-state index in [0.717, 1.165) is 18.9 Å². The Bertz CT molecular complexity index is 988. The number of nitrogens with zero attached hydrogens (tertiary/aromatic N) is 1. The molecule has 28 heavy (non-hydrogen) atoms. The molecule has 2 aromatic carbocycles. The molecule has 1 saturated heterocycles. The summed E-state index contributed by atoms with van der Waals surface area (Å²) >= 11 is 0. The van der Waals surface area contributed by atoms with E-state index in [1.54, 1.807) is 0 Å². The van der Waals surface area contributed by atoms with Crippen molar-refractivity contribution < 1.29 is 27.1 Å². The molecule has 0 spiro atoms. The molecule has 150 valence electrons. The van der Waals surface area contributed by atoms with E-state index in [0.29, 0.717) is 13.1 Å². The Hall–Kier alpha value is -2.65. The minimum atomic E-state index is -3.77. The van der Waals surface area contributed by atoms with Crippen LogP contribution in [0.2, 0.25) is 0 Å². The molecule has 1 heterocycles. The average Bonchev–Trinajstić information content (AvgIpc) is 3.23. The van der Waals surface area contributed by atoms with Gasteiger partial charge in [0.2, 0.25) is 10.0 Å². The van der Waals surface area contributed by atoms with Crippen LogP contribution in [0.4, 0.5) is 10.1 Å². The van der Waals surface area contributed by atoms with Crippen molar-refractivity contribution in [3.63, 3.8) is 0 Å². The first-order chi connectivity index (χ1) is 13.4. The highest BCUT2D eigenvalue weighted by molar-refractivity contribution is 7.89. The lowest BCUT2D eigenvalue weighted by Crippen LogP contribution is -2.28. The molecule has 1 N–H and O–H groups in total. The zero-order chi connectivity index (χ0) is 20.3. The zero-order valence-electron chi connectivity index (χ0n) is 15.6. The van der Waals surface area contributed by atoms with Crippen LogP contribution in [-0.4, -0.2) is 45.9 Å². The number of methoxy groups -OCH3 is 2. The van der Waals surface area contributed by atoms with Crippen LogP contribution in [-0.2, 0) is 10.0 Å². The second-order valence-corrected chi connectivity index (χ2v) is 8.19. The molecule has 7 nitrogen and oxygen atoms in total. The molecule has 0 atom stereocenters. The minimum Gasteiger partial charge on any atom is -0.495 e. The zero-order valence-corrected chi connectivity index (χ0v) is 16.4. The van der Waals surface area contributed by atoms with Crippen LogP contribution in [0, 0.1) is 5.82 Å². The molecule has 0 aliphatic carbocycles. The van der Waals surface area contributed by atoms with Gasteiger partial charge in [0, 0.05) is 30.4 Å². The standard InChI is InChI=1S/C19H21FN2O5S/c1-26-16-8-6-14(12-15(16)20)21-19(23)13-5-7-17(27-2)18(11-13)28(24,25)22-9-3-4-10-22/h5-8,11-12H,3-4,9-10H2,1-2H3,(H,21,23). The molecule has 2 aromatic rings. The normalized spacial score (nSPS) is 14.7. The first kappa shape index (κ1) is 20.1. The summed E-state index contributed by atoms with van der Waals surface area (Å²) < 4.78 is 51.1. The summed E-state index contributed by atoms with van der Waals surface area (Å²) in [5, 5.41) is 2.55. The second kappa shape index (κ2) is 8.15. The van der Waals surface area contributed by atoms with Gasteiger partial charge in [-0.2, -0.15) is 4.31 Å². The van der Waals surface area contributed by atoms with Crippen molar-refractivity contribution in [2.24, 2.45) is 0 Å². The molecule has 9 heteroatoms. The third kappa shape index (κ3) is 3.95. The SMILES string of the molecule is COc1ccc(NC(=O)c2ccc(OC)c(S(=O)(=O)N3CCCC3)c2)cc1F. The van der Waals surface area contributed by atoms with Crippen molar-refractivity contribution in [2.75, 3.05) is 32.6 Å². The Morgan fingerprint density at radius 2 is 1.68 bits per heavy atom. The number of carbonyl (C=O) groups is 1. The van der Waals surface area contributed by atoms with E-state index in [-0.39, 0.29) is 27.6 Å². The molecule has 1 amide bonds. The number of halogens is 1. The third-order valence-corrected chi connectivity index (χ3v) is 6.44. The number of ether oxygens (including phenoxy) is 2. The lowest BCUT2D eigenvalue weighted by molar-refractivity contribution is 0.102. The number of amides is 1. The van der Waals surface area contributed by atoms with E-state index >= 15 is 0 Å². The van der Waals surface area contributed by atoms with Crippen molar-refractivity contribution in [1.82, 2.24) is 4.31 Å². The van der Waals surface area contributed by atoms with E-state index in [2.05, 4.69) is 5.32 Å². The summed E-state index contributed by atoms with van der Waals surface area (Å²) in [6, 6.07) is 8.18. The smallest absolute Gasteiger partial charge is 0.255 e. The van der Waals surface area contributed by atoms with Crippen LogP contribution >= 0.6 is 0 Å². The van der Waals surface area contributed by atoms with E-state index in [4.69, 9.17) is 9.47 Å². The Balaban J connectivity index is 1.90.